The molecule has 3 rings (SSSR count). The summed E-state index contributed by atoms with van der Waals surface area (Å²) >= 11 is 0. The number of ether oxygens (including phenoxy) is 3. The molecule has 2 saturated heterocycles. The quantitative estimate of drug-likeness (QED) is 0.283. The van der Waals surface area contributed by atoms with Gasteiger partial charge in [-0.25, -0.2) is 0 Å². The van der Waals surface area contributed by atoms with Crippen LogP contribution in [0.25, 0.3) is 0 Å². The topological polar surface area (TPSA) is 64.1 Å². The average molecular weight is 461 g/mol. The maximum Gasteiger partial charge on any atom is 0.191 e. The van der Waals surface area contributed by atoms with Crippen molar-refractivity contribution in [2.45, 2.75) is 43.9 Å². The molecule has 0 amide bonds. The van der Waals surface area contributed by atoms with Crippen LogP contribution in [0.2, 0.25) is 0 Å². The molecule has 0 saturated carbocycles. The first kappa shape index (κ1) is 20.1. The van der Waals surface area contributed by atoms with Crippen LogP contribution in [-0.4, -0.2) is 51.5 Å². The lowest BCUT2D eigenvalue weighted by Gasteiger charge is -2.22. The van der Waals surface area contributed by atoms with Crippen LogP contribution >= 0.6 is 24.0 Å². The van der Waals surface area contributed by atoms with Gasteiger partial charge in [-0.1, -0.05) is 0 Å². The van der Waals surface area contributed by atoms with Gasteiger partial charge in [0.25, 0.3) is 0 Å². The minimum atomic E-state index is 0. The van der Waals surface area contributed by atoms with Crippen molar-refractivity contribution in [3.63, 3.8) is 0 Å². The number of benzene rings is 1. The molecule has 6 nitrogen and oxygen atoms in total. The Kier molecular flexibility index (Phi) is 8.08. The van der Waals surface area contributed by atoms with Crippen LogP contribution < -0.4 is 20.1 Å². The van der Waals surface area contributed by atoms with Gasteiger partial charge in [-0.3, -0.25) is 4.99 Å². The van der Waals surface area contributed by atoms with E-state index in [9.17, 15) is 0 Å². The van der Waals surface area contributed by atoms with Crippen molar-refractivity contribution in [2.24, 2.45) is 4.99 Å². The Hall–Kier alpha value is -1.22. The number of guanidine groups is 1. The van der Waals surface area contributed by atoms with Gasteiger partial charge in [0.1, 0.15) is 11.5 Å². The number of fused-ring (bicyclic) bond motifs is 2. The number of hydrogen-bond acceptors (Lipinski definition) is 4. The molecule has 0 radical (unpaired) electrons. The van der Waals surface area contributed by atoms with E-state index in [1.165, 1.54) is 6.42 Å². The summed E-state index contributed by atoms with van der Waals surface area (Å²) in [6.45, 7) is 1.48. The third-order valence-corrected chi connectivity index (χ3v) is 4.59. The highest BCUT2D eigenvalue weighted by Gasteiger charge is 2.41. The summed E-state index contributed by atoms with van der Waals surface area (Å²) in [5.41, 5.74) is 0. The fraction of sp³-hybridized carbons (Fsp3) is 0.611. The zero-order valence-electron chi connectivity index (χ0n) is 14.9. The predicted octanol–water partition coefficient (Wildman–Crippen LogP) is 2.57. The Labute approximate surface area is 166 Å². The Morgan fingerprint density at radius 1 is 1.24 bits per heavy atom. The lowest BCUT2D eigenvalue weighted by molar-refractivity contribution is 0.0992. The van der Waals surface area contributed by atoms with Gasteiger partial charge in [0, 0.05) is 13.6 Å². The molecular formula is C18H28IN3O3. The Morgan fingerprint density at radius 3 is 2.60 bits per heavy atom. The van der Waals surface area contributed by atoms with Crippen LogP contribution in [0.15, 0.2) is 29.3 Å². The number of methoxy groups -OCH3 is 1. The normalized spacial score (nSPS) is 24.6. The van der Waals surface area contributed by atoms with Crippen molar-refractivity contribution >= 4 is 29.9 Å². The molecule has 1 aromatic carbocycles. The SMILES string of the molecule is CN=C(NCCCOc1ccc(OC)cc1)NC1CC2CCC1O2.I. The van der Waals surface area contributed by atoms with Crippen LogP contribution in [0, 0.1) is 0 Å². The first-order valence-electron chi connectivity index (χ1n) is 8.68. The lowest BCUT2D eigenvalue weighted by Crippen LogP contribution is -2.47. The van der Waals surface area contributed by atoms with E-state index in [2.05, 4.69) is 15.6 Å². The molecule has 1 aromatic rings. The minimum absolute atomic E-state index is 0. The van der Waals surface area contributed by atoms with Crippen molar-refractivity contribution in [1.29, 1.82) is 0 Å². The fourth-order valence-corrected chi connectivity index (χ4v) is 3.30. The molecule has 2 aliphatic heterocycles. The van der Waals surface area contributed by atoms with Crippen LogP contribution in [0.5, 0.6) is 11.5 Å². The molecule has 2 bridgehead atoms. The molecular weight excluding hydrogens is 433 g/mol. The monoisotopic (exact) mass is 461 g/mol. The highest BCUT2D eigenvalue weighted by molar-refractivity contribution is 14.0. The predicted molar refractivity (Wildman–Crippen MR) is 109 cm³/mol. The molecule has 2 heterocycles. The van der Waals surface area contributed by atoms with E-state index in [1.807, 2.05) is 24.3 Å². The number of rotatable bonds is 7. The second kappa shape index (κ2) is 10.1. The molecule has 7 heteroatoms. The summed E-state index contributed by atoms with van der Waals surface area (Å²) in [4.78, 5) is 4.29. The number of nitrogens with one attached hydrogen (secondary N) is 2. The molecule has 2 fully saturated rings. The molecule has 25 heavy (non-hydrogen) atoms. The average Bonchev–Trinajstić information content (AvgIpc) is 3.24. The van der Waals surface area contributed by atoms with Crippen molar-refractivity contribution in [1.82, 2.24) is 10.6 Å². The Bertz CT molecular complexity index is 553. The maximum absolute atomic E-state index is 5.86. The van der Waals surface area contributed by atoms with Gasteiger partial charge >= 0.3 is 0 Å². The van der Waals surface area contributed by atoms with Gasteiger partial charge in [0.05, 0.1) is 32.0 Å². The molecule has 2 aliphatic rings. The van der Waals surface area contributed by atoms with Gasteiger partial charge in [-0.15, -0.1) is 24.0 Å². The van der Waals surface area contributed by atoms with E-state index >= 15 is 0 Å². The minimum Gasteiger partial charge on any atom is -0.497 e. The molecule has 3 atom stereocenters. The molecule has 0 aromatic heterocycles. The summed E-state index contributed by atoms with van der Waals surface area (Å²) in [5, 5.41) is 6.82. The lowest BCUT2D eigenvalue weighted by atomic mass is 9.96. The van der Waals surface area contributed by atoms with Crippen molar-refractivity contribution in [3.8, 4) is 11.5 Å². The Morgan fingerprint density at radius 2 is 2.00 bits per heavy atom. The van der Waals surface area contributed by atoms with Gasteiger partial charge in [-0.2, -0.15) is 0 Å². The summed E-state index contributed by atoms with van der Waals surface area (Å²) in [6.07, 6.45) is 5.16. The van der Waals surface area contributed by atoms with Crippen LogP contribution in [0.4, 0.5) is 0 Å². The zero-order chi connectivity index (χ0) is 16.8. The van der Waals surface area contributed by atoms with E-state index in [4.69, 9.17) is 14.2 Å². The van der Waals surface area contributed by atoms with Gasteiger partial charge in [0.2, 0.25) is 0 Å². The van der Waals surface area contributed by atoms with Crippen molar-refractivity contribution in [3.05, 3.63) is 24.3 Å². The zero-order valence-corrected chi connectivity index (χ0v) is 17.2. The van der Waals surface area contributed by atoms with E-state index in [0.29, 0.717) is 24.9 Å². The summed E-state index contributed by atoms with van der Waals surface area (Å²) in [5.74, 6) is 2.54. The van der Waals surface area contributed by atoms with E-state index in [1.54, 1.807) is 14.2 Å². The second-order valence-corrected chi connectivity index (χ2v) is 6.24. The van der Waals surface area contributed by atoms with Crippen LogP contribution in [0.3, 0.4) is 0 Å². The largest absolute Gasteiger partial charge is 0.497 e. The van der Waals surface area contributed by atoms with E-state index < -0.39 is 0 Å². The number of hydrogen-bond donors (Lipinski definition) is 2. The number of aliphatic imine (C=N–C) groups is 1. The number of nitrogens with zero attached hydrogens (tertiary/aromatic N) is 1. The summed E-state index contributed by atoms with van der Waals surface area (Å²) in [7, 11) is 3.46. The van der Waals surface area contributed by atoms with Crippen molar-refractivity contribution < 1.29 is 14.2 Å². The first-order chi connectivity index (χ1) is 11.8. The van der Waals surface area contributed by atoms with E-state index in [-0.39, 0.29) is 24.0 Å². The maximum atomic E-state index is 5.86. The fourth-order valence-electron chi connectivity index (χ4n) is 3.30. The first-order valence-corrected chi connectivity index (χ1v) is 8.68. The number of halogens is 1. The van der Waals surface area contributed by atoms with Gasteiger partial charge in [-0.05, 0) is 49.9 Å². The second-order valence-electron chi connectivity index (χ2n) is 6.24. The van der Waals surface area contributed by atoms with Crippen LogP contribution in [-0.2, 0) is 4.74 Å². The smallest absolute Gasteiger partial charge is 0.191 e. The molecule has 2 N–H and O–H groups in total. The standard InChI is InChI=1S/C18H27N3O3.HI/c1-19-18(21-16-12-15-8-9-17(16)24-15)20-10-3-11-23-14-6-4-13(22-2)5-7-14;/h4-7,15-17H,3,8-12H2,1-2H3,(H2,19,20,21);1H. The van der Waals surface area contributed by atoms with Gasteiger partial charge in [0.15, 0.2) is 5.96 Å². The summed E-state index contributed by atoms with van der Waals surface area (Å²) in [6, 6.07) is 8.03. The highest BCUT2D eigenvalue weighted by atomic mass is 127. The molecule has 3 unspecified atom stereocenters. The molecule has 0 spiro atoms. The molecule has 0 aliphatic carbocycles. The van der Waals surface area contributed by atoms with E-state index in [0.717, 1.165) is 43.3 Å². The summed E-state index contributed by atoms with van der Waals surface area (Å²) < 4.78 is 16.7. The van der Waals surface area contributed by atoms with Crippen molar-refractivity contribution in [2.75, 3.05) is 27.3 Å². The third-order valence-electron chi connectivity index (χ3n) is 4.59. The third kappa shape index (κ3) is 5.64. The molecule has 140 valence electrons. The van der Waals surface area contributed by atoms with Gasteiger partial charge < -0.3 is 24.8 Å². The Balaban J connectivity index is 0.00000225. The highest BCUT2D eigenvalue weighted by Crippen LogP contribution is 2.34. The van der Waals surface area contributed by atoms with Crippen LogP contribution in [0.1, 0.15) is 25.7 Å².